The van der Waals surface area contributed by atoms with Crippen molar-refractivity contribution in [2.45, 2.75) is 27.7 Å². The first-order valence-electron chi connectivity index (χ1n) is 11.2. The fourth-order valence-electron chi connectivity index (χ4n) is 5.09. The van der Waals surface area contributed by atoms with Crippen molar-refractivity contribution in [1.82, 2.24) is 4.98 Å². The van der Waals surface area contributed by atoms with Crippen LogP contribution in [-0.2, 0) is 0 Å². The average molecular weight is 417 g/mol. The summed E-state index contributed by atoms with van der Waals surface area (Å²) in [6.07, 6.45) is 0. The number of aromatic nitrogens is 1. The summed E-state index contributed by atoms with van der Waals surface area (Å²) in [6, 6.07) is 30.0. The minimum Gasteiger partial charge on any atom is -0.358 e. The zero-order valence-electron chi connectivity index (χ0n) is 19.1. The van der Waals surface area contributed by atoms with E-state index in [0.717, 1.165) is 11.4 Å². The average Bonchev–Trinajstić information content (AvgIpc) is 3.29. The number of nitrogens with zero attached hydrogens (tertiary/aromatic N) is 1. The lowest BCUT2D eigenvalue weighted by Crippen LogP contribution is -2.10. The van der Waals surface area contributed by atoms with Gasteiger partial charge in [-0.1, -0.05) is 85.8 Å². The summed E-state index contributed by atoms with van der Waals surface area (Å²) >= 11 is 0. The second kappa shape index (κ2) is 8.12. The molecule has 0 aliphatic carbocycles. The second-order valence-corrected chi connectivity index (χ2v) is 8.66. The molecule has 1 aliphatic rings. The molecule has 158 valence electrons. The molecule has 0 radical (unpaired) electrons. The lowest BCUT2D eigenvalue weighted by atomic mass is 9.87. The normalized spacial score (nSPS) is 15.9. The number of hydrogen-bond acceptors (Lipinski definition) is 1. The van der Waals surface area contributed by atoms with Gasteiger partial charge in [-0.2, -0.15) is 0 Å². The maximum Gasteiger partial charge on any atom is 0.0552 e. The van der Waals surface area contributed by atoms with E-state index < -0.39 is 0 Å². The number of H-pyrrole nitrogens is 1. The van der Waals surface area contributed by atoms with Crippen LogP contribution in [0.15, 0.2) is 95.6 Å². The van der Waals surface area contributed by atoms with E-state index in [1.807, 2.05) is 0 Å². The molecule has 0 fully saturated rings. The van der Waals surface area contributed by atoms with E-state index in [0.29, 0.717) is 0 Å². The maximum absolute atomic E-state index is 4.97. The molecule has 1 atom stereocenters. The van der Waals surface area contributed by atoms with E-state index in [9.17, 15) is 0 Å². The van der Waals surface area contributed by atoms with E-state index in [1.165, 1.54) is 50.3 Å². The van der Waals surface area contributed by atoms with Gasteiger partial charge in [0.05, 0.1) is 5.71 Å². The van der Waals surface area contributed by atoms with E-state index in [2.05, 4.69) is 118 Å². The Hall–Kier alpha value is -3.65. The summed E-state index contributed by atoms with van der Waals surface area (Å²) in [5, 5.41) is 0. The highest BCUT2D eigenvalue weighted by atomic mass is 14.8. The summed E-state index contributed by atoms with van der Waals surface area (Å²) in [7, 11) is 0. The van der Waals surface area contributed by atoms with Gasteiger partial charge in [-0.05, 0) is 60.2 Å². The van der Waals surface area contributed by atoms with Crippen molar-refractivity contribution in [3.63, 3.8) is 0 Å². The van der Waals surface area contributed by atoms with Crippen molar-refractivity contribution < 1.29 is 0 Å². The highest BCUT2D eigenvalue weighted by molar-refractivity contribution is 6.12. The third-order valence-corrected chi connectivity index (χ3v) is 6.55. The highest BCUT2D eigenvalue weighted by Crippen LogP contribution is 2.39. The number of nitrogens with one attached hydrogen (secondary N) is 1. The first-order valence-corrected chi connectivity index (χ1v) is 11.2. The Bertz CT molecular complexity index is 1340. The van der Waals surface area contributed by atoms with Crippen molar-refractivity contribution in [2.75, 3.05) is 0 Å². The van der Waals surface area contributed by atoms with Gasteiger partial charge in [-0.15, -0.1) is 0 Å². The third kappa shape index (κ3) is 3.42. The molecular formula is C30H28N2. The molecule has 0 spiro atoms. The molecule has 1 N–H and O–H groups in total. The number of allylic oxidation sites excluding steroid dienone is 2. The minimum absolute atomic E-state index is 0.265. The Kier molecular flexibility index (Phi) is 5.14. The lowest BCUT2D eigenvalue weighted by Gasteiger charge is -2.15. The predicted molar refractivity (Wildman–Crippen MR) is 136 cm³/mol. The molecule has 5 rings (SSSR count). The fraction of sp³-hybridized carbons (Fsp3) is 0.167. The van der Waals surface area contributed by atoms with Crippen LogP contribution in [0.25, 0.3) is 28.0 Å². The quantitative estimate of drug-likeness (QED) is 0.351. The monoisotopic (exact) mass is 416 g/mol. The molecule has 2 nitrogen and oxygen atoms in total. The minimum atomic E-state index is 0.265. The van der Waals surface area contributed by atoms with E-state index in [1.54, 1.807) is 0 Å². The van der Waals surface area contributed by atoms with Gasteiger partial charge in [0.2, 0.25) is 0 Å². The van der Waals surface area contributed by atoms with Crippen LogP contribution >= 0.6 is 0 Å². The lowest BCUT2D eigenvalue weighted by molar-refractivity contribution is 1.04. The molecular weight excluding hydrogens is 388 g/mol. The summed E-state index contributed by atoms with van der Waals surface area (Å²) in [6.45, 7) is 8.79. The van der Waals surface area contributed by atoms with Gasteiger partial charge in [-0.3, -0.25) is 4.99 Å². The number of rotatable bonds is 4. The smallest absolute Gasteiger partial charge is 0.0552 e. The Morgan fingerprint density at radius 2 is 1.28 bits per heavy atom. The molecule has 0 amide bonds. The van der Waals surface area contributed by atoms with Crippen LogP contribution in [0.2, 0.25) is 0 Å². The molecule has 0 saturated heterocycles. The number of hydrogen-bond donors (Lipinski definition) is 1. The van der Waals surface area contributed by atoms with Gasteiger partial charge in [0.1, 0.15) is 0 Å². The number of aromatic amines is 1. The largest absolute Gasteiger partial charge is 0.358 e. The van der Waals surface area contributed by atoms with E-state index in [4.69, 9.17) is 4.99 Å². The molecule has 2 heterocycles. The Balaban J connectivity index is 1.53. The van der Waals surface area contributed by atoms with Crippen LogP contribution in [0.1, 0.15) is 36.2 Å². The van der Waals surface area contributed by atoms with Crippen molar-refractivity contribution >= 4 is 11.3 Å². The predicted octanol–water partition coefficient (Wildman–Crippen LogP) is 7.84. The molecule has 0 saturated carbocycles. The van der Waals surface area contributed by atoms with Crippen LogP contribution < -0.4 is 0 Å². The van der Waals surface area contributed by atoms with Crippen molar-refractivity contribution in [3.05, 3.63) is 113 Å². The van der Waals surface area contributed by atoms with Gasteiger partial charge < -0.3 is 4.98 Å². The summed E-state index contributed by atoms with van der Waals surface area (Å²) in [5.74, 6) is 0.265. The van der Waals surface area contributed by atoms with Crippen molar-refractivity contribution in [3.8, 4) is 22.4 Å². The zero-order chi connectivity index (χ0) is 22.2. The highest BCUT2D eigenvalue weighted by Gasteiger charge is 2.26. The van der Waals surface area contributed by atoms with E-state index >= 15 is 0 Å². The number of aliphatic imine (C=N–C) groups is 1. The molecule has 1 unspecified atom stereocenters. The van der Waals surface area contributed by atoms with Crippen LogP contribution in [-0.4, -0.2) is 10.7 Å². The Morgan fingerprint density at radius 1 is 0.688 bits per heavy atom. The summed E-state index contributed by atoms with van der Waals surface area (Å²) < 4.78 is 0. The molecule has 4 aromatic rings. The van der Waals surface area contributed by atoms with Gasteiger partial charge >= 0.3 is 0 Å². The Morgan fingerprint density at radius 3 is 1.97 bits per heavy atom. The first-order chi connectivity index (χ1) is 15.5. The molecule has 2 heteroatoms. The van der Waals surface area contributed by atoms with Gasteiger partial charge in [0, 0.05) is 28.6 Å². The van der Waals surface area contributed by atoms with Gasteiger partial charge in [0.15, 0.2) is 0 Å². The molecule has 0 bridgehead atoms. The van der Waals surface area contributed by atoms with Crippen LogP contribution in [0, 0.1) is 19.8 Å². The fourth-order valence-corrected chi connectivity index (χ4v) is 5.09. The van der Waals surface area contributed by atoms with Crippen molar-refractivity contribution in [2.24, 2.45) is 10.9 Å². The molecule has 1 aliphatic heterocycles. The summed E-state index contributed by atoms with van der Waals surface area (Å²) in [4.78, 5) is 8.60. The van der Waals surface area contributed by atoms with Crippen LogP contribution in [0.5, 0.6) is 0 Å². The SMILES string of the molecule is CC1=C(c2cccc(-c3c(C)[nH]c(-c4ccccc4)c3C)c2)C(C)C(c2ccccc2)=N1. The maximum atomic E-state index is 4.97. The molecule has 3 aromatic carbocycles. The standard InChI is InChI=1S/C30H28N2/c1-19-27(21(3)31-29(19)23-12-7-5-8-13-23)25-16-11-17-26(18-25)28-20(2)30(32-22(28)4)24-14-9-6-10-15-24/h5-19,32H,1-4H3. The number of benzene rings is 3. The summed E-state index contributed by atoms with van der Waals surface area (Å²) in [5.41, 5.74) is 13.5. The third-order valence-electron chi connectivity index (χ3n) is 6.55. The molecule has 32 heavy (non-hydrogen) atoms. The van der Waals surface area contributed by atoms with E-state index in [-0.39, 0.29) is 5.92 Å². The Labute approximate surface area is 190 Å². The molecule has 1 aromatic heterocycles. The first kappa shape index (κ1) is 20.3. The van der Waals surface area contributed by atoms with Crippen LogP contribution in [0.4, 0.5) is 0 Å². The number of aryl methyl sites for hydroxylation is 1. The van der Waals surface area contributed by atoms with Crippen molar-refractivity contribution in [1.29, 1.82) is 0 Å². The van der Waals surface area contributed by atoms with Gasteiger partial charge in [-0.25, -0.2) is 0 Å². The van der Waals surface area contributed by atoms with Gasteiger partial charge in [0.25, 0.3) is 0 Å². The topological polar surface area (TPSA) is 28.1 Å². The second-order valence-electron chi connectivity index (χ2n) is 8.66. The zero-order valence-corrected chi connectivity index (χ0v) is 19.1. The van der Waals surface area contributed by atoms with Crippen LogP contribution in [0.3, 0.4) is 0 Å².